The highest BCUT2D eigenvalue weighted by molar-refractivity contribution is 6.28. The van der Waals surface area contributed by atoms with Gasteiger partial charge in [-0.15, -0.1) is 0 Å². The summed E-state index contributed by atoms with van der Waals surface area (Å²) >= 11 is 5.54. The number of fused-ring (bicyclic) bond motifs is 1. The SMILES string of the molecule is FC(F)(F)c1cc(-c2cc3ccccc3o2)nc(Cl)n1. The van der Waals surface area contributed by atoms with Crippen LogP contribution in [0.3, 0.4) is 0 Å². The van der Waals surface area contributed by atoms with E-state index in [-0.39, 0.29) is 11.5 Å². The van der Waals surface area contributed by atoms with E-state index in [4.69, 9.17) is 16.0 Å². The van der Waals surface area contributed by atoms with Crippen molar-refractivity contribution in [1.82, 2.24) is 9.97 Å². The first-order valence-electron chi connectivity index (χ1n) is 5.54. The lowest BCUT2D eigenvalue weighted by atomic mass is 10.2. The summed E-state index contributed by atoms with van der Waals surface area (Å²) in [6.45, 7) is 0. The number of rotatable bonds is 1. The van der Waals surface area contributed by atoms with E-state index in [0.717, 1.165) is 11.5 Å². The molecule has 0 spiro atoms. The molecular formula is C13H6ClF3N2O. The van der Waals surface area contributed by atoms with Crippen LogP contribution in [-0.4, -0.2) is 9.97 Å². The van der Waals surface area contributed by atoms with Gasteiger partial charge in [-0.05, 0) is 29.8 Å². The molecule has 0 unspecified atom stereocenters. The Morgan fingerprint density at radius 3 is 2.50 bits per heavy atom. The van der Waals surface area contributed by atoms with Crippen LogP contribution < -0.4 is 0 Å². The van der Waals surface area contributed by atoms with Gasteiger partial charge in [0.1, 0.15) is 17.0 Å². The minimum absolute atomic E-state index is 0.00600. The van der Waals surface area contributed by atoms with Crippen molar-refractivity contribution < 1.29 is 17.6 Å². The summed E-state index contributed by atoms with van der Waals surface area (Å²) in [5.41, 5.74) is -0.549. The summed E-state index contributed by atoms with van der Waals surface area (Å²) in [7, 11) is 0. The first-order valence-corrected chi connectivity index (χ1v) is 5.92. The van der Waals surface area contributed by atoms with E-state index in [2.05, 4.69) is 9.97 Å². The van der Waals surface area contributed by atoms with Crippen LogP contribution in [0.4, 0.5) is 13.2 Å². The average Bonchev–Trinajstić information content (AvgIpc) is 2.80. The molecule has 20 heavy (non-hydrogen) atoms. The highest BCUT2D eigenvalue weighted by Crippen LogP contribution is 2.32. The van der Waals surface area contributed by atoms with Crippen LogP contribution in [0.15, 0.2) is 40.8 Å². The number of furan rings is 1. The Balaban J connectivity index is 2.16. The minimum Gasteiger partial charge on any atom is -0.454 e. The van der Waals surface area contributed by atoms with Gasteiger partial charge in [0.15, 0.2) is 5.76 Å². The molecule has 0 saturated carbocycles. The van der Waals surface area contributed by atoms with E-state index in [1.165, 1.54) is 0 Å². The zero-order chi connectivity index (χ0) is 14.3. The standard InChI is InChI=1S/C13H6ClF3N2O/c14-12-18-8(6-11(19-12)13(15,16)17)10-5-7-3-1-2-4-9(7)20-10/h1-6H. The second-order valence-electron chi connectivity index (χ2n) is 4.05. The number of nitrogens with zero attached hydrogens (tertiary/aromatic N) is 2. The Bertz CT molecular complexity index is 750. The summed E-state index contributed by atoms with van der Waals surface area (Å²) in [6, 6.07) is 9.49. The number of alkyl halides is 3. The molecular weight excluding hydrogens is 293 g/mol. The van der Waals surface area contributed by atoms with Crippen molar-refractivity contribution in [1.29, 1.82) is 0 Å². The molecule has 3 rings (SSSR count). The second kappa shape index (κ2) is 4.49. The molecule has 0 N–H and O–H groups in total. The monoisotopic (exact) mass is 298 g/mol. The summed E-state index contributed by atoms with van der Waals surface area (Å²) in [5.74, 6) is 0.209. The number of halogens is 4. The molecule has 0 aliphatic rings. The van der Waals surface area contributed by atoms with Gasteiger partial charge in [-0.2, -0.15) is 13.2 Å². The van der Waals surface area contributed by atoms with Gasteiger partial charge in [0.25, 0.3) is 0 Å². The van der Waals surface area contributed by atoms with Gasteiger partial charge < -0.3 is 4.42 Å². The molecule has 0 aliphatic carbocycles. The van der Waals surface area contributed by atoms with Crippen LogP contribution in [0.1, 0.15) is 5.69 Å². The molecule has 7 heteroatoms. The molecule has 2 aromatic heterocycles. The van der Waals surface area contributed by atoms with E-state index in [1.807, 2.05) is 0 Å². The fourth-order valence-electron chi connectivity index (χ4n) is 1.80. The minimum atomic E-state index is -4.59. The third-order valence-corrected chi connectivity index (χ3v) is 2.84. The molecule has 0 atom stereocenters. The lowest BCUT2D eigenvalue weighted by Crippen LogP contribution is -2.09. The Morgan fingerprint density at radius 2 is 1.80 bits per heavy atom. The molecule has 0 radical (unpaired) electrons. The van der Waals surface area contributed by atoms with Crippen molar-refractivity contribution in [3.05, 3.63) is 47.4 Å². The lowest BCUT2D eigenvalue weighted by molar-refractivity contribution is -0.141. The molecule has 102 valence electrons. The average molecular weight is 299 g/mol. The maximum atomic E-state index is 12.7. The second-order valence-corrected chi connectivity index (χ2v) is 4.39. The van der Waals surface area contributed by atoms with E-state index < -0.39 is 17.2 Å². The highest BCUT2D eigenvalue weighted by atomic mass is 35.5. The molecule has 0 amide bonds. The van der Waals surface area contributed by atoms with Crippen molar-refractivity contribution in [3.8, 4) is 11.5 Å². The molecule has 2 heterocycles. The zero-order valence-corrected chi connectivity index (χ0v) is 10.5. The molecule has 3 nitrogen and oxygen atoms in total. The topological polar surface area (TPSA) is 38.9 Å². The fourth-order valence-corrected chi connectivity index (χ4v) is 1.98. The van der Waals surface area contributed by atoms with Crippen LogP contribution in [-0.2, 0) is 6.18 Å². The quantitative estimate of drug-likeness (QED) is 0.618. The summed E-state index contributed by atoms with van der Waals surface area (Å²) < 4.78 is 43.5. The van der Waals surface area contributed by atoms with E-state index in [1.54, 1.807) is 30.3 Å². The first kappa shape index (κ1) is 12.9. The van der Waals surface area contributed by atoms with Crippen molar-refractivity contribution >= 4 is 22.6 Å². The number of hydrogen-bond donors (Lipinski definition) is 0. The molecule has 0 bridgehead atoms. The van der Waals surface area contributed by atoms with E-state index in [9.17, 15) is 13.2 Å². The lowest BCUT2D eigenvalue weighted by Gasteiger charge is -2.06. The van der Waals surface area contributed by atoms with Crippen LogP contribution in [0.25, 0.3) is 22.4 Å². The Hall–Kier alpha value is -2.08. The van der Waals surface area contributed by atoms with Crippen molar-refractivity contribution in [2.45, 2.75) is 6.18 Å². The zero-order valence-electron chi connectivity index (χ0n) is 9.78. The number of benzene rings is 1. The van der Waals surface area contributed by atoms with Gasteiger partial charge >= 0.3 is 6.18 Å². The van der Waals surface area contributed by atoms with Gasteiger partial charge in [-0.1, -0.05) is 18.2 Å². The maximum absolute atomic E-state index is 12.7. The summed E-state index contributed by atoms with van der Waals surface area (Å²) in [4.78, 5) is 6.95. The van der Waals surface area contributed by atoms with Crippen LogP contribution in [0.2, 0.25) is 5.28 Å². The molecule has 1 aromatic carbocycles. The molecule has 0 saturated heterocycles. The molecule has 0 fully saturated rings. The number of para-hydroxylation sites is 1. The summed E-state index contributed by atoms with van der Waals surface area (Å²) in [6.07, 6.45) is -4.59. The maximum Gasteiger partial charge on any atom is 0.433 e. The van der Waals surface area contributed by atoms with Crippen molar-refractivity contribution in [3.63, 3.8) is 0 Å². The van der Waals surface area contributed by atoms with E-state index >= 15 is 0 Å². The van der Waals surface area contributed by atoms with Crippen LogP contribution in [0.5, 0.6) is 0 Å². The first-order chi connectivity index (χ1) is 9.43. The number of hydrogen-bond acceptors (Lipinski definition) is 3. The Labute approximate surface area is 116 Å². The van der Waals surface area contributed by atoms with Gasteiger partial charge in [-0.25, -0.2) is 9.97 Å². The highest BCUT2D eigenvalue weighted by Gasteiger charge is 2.34. The van der Waals surface area contributed by atoms with Crippen LogP contribution >= 0.6 is 11.6 Å². The van der Waals surface area contributed by atoms with Gasteiger partial charge in [0.05, 0.1) is 0 Å². The Morgan fingerprint density at radius 1 is 1.05 bits per heavy atom. The summed E-state index contributed by atoms with van der Waals surface area (Å²) in [5, 5.41) is 0.293. The largest absolute Gasteiger partial charge is 0.454 e. The third kappa shape index (κ3) is 2.34. The van der Waals surface area contributed by atoms with E-state index in [0.29, 0.717) is 5.58 Å². The van der Waals surface area contributed by atoms with Crippen molar-refractivity contribution in [2.24, 2.45) is 0 Å². The third-order valence-electron chi connectivity index (χ3n) is 2.67. The van der Waals surface area contributed by atoms with Crippen molar-refractivity contribution in [2.75, 3.05) is 0 Å². The molecule has 0 aliphatic heterocycles. The van der Waals surface area contributed by atoms with Crippen LogP contribution in [0, 0.1) is 0 Å². The smallest absolute Gasteiger partial charge is 0.433 e. The number of aromatic nitrogens is 2. The van der Waals surface area contributed by atoms with Gasteiger partial charge in [0.2, 0.25) is 5.28 Å². The van der Waals surface area contributed by atoms with Gasteiger partial charge in [-0.3, -0.25) is 0 Å². The normalized spacial score (nSPS) is 12.0. The van der Waals surface area contributed by atoms with Gasteiger partial charge in [0, 0.05) is 5.39 Å². The molecule has 3 aromatic rings. The Kier molecular flexibility index (Phi) is 2.90. The predicted molar refractivity (Wildman–Crippen MR) is 67.3 cm³/mol. The fraction of sp³-hybridized carbons (Fsp3) is 0.0769. The predicted octanol–water partition coefficient (Wildman–Crippen LogP) is 4.56.